The second-order valence-corrected chi connectivity index (χ2v) is 6.60. The van der Waals surface area contributed by atoms with Crippen molar-refractivity contribution in [2.45, 2.75) is 45.7 Å². The van der Waals surface area contributed by atoms with E-state index >= 15 is 0 Å². The van der Waals surface area contributed by atoms with E-state index in [-0.39, 0.29) is 0 Å². The van der Waals surface area contributed by atoms with Gasteiger partial charge in [-0.05, 0) is 25.7 Å². The van der Waals surface area contributed by atoms with Gasteiger partial charge in [-0.1, -0.05) is 45.2 Å². The summed E-state index contributed by atoms with van der Waals surface area (Å²) in [4.78, 5) is 0. The Kier molecular flexibility index (Phi) is 2.99. The molecule has 1 nitrogen and oxygen atoms in total. The zero-order valence-electron chi connectivity index (χ0n) is 6.30. The minimum atomic E-state index is 0.584. The summed E-state index contributed by atoms with van der Waals surface area (Å²) in [5.41, 5.74) is 0. The molecule has 11 heavy (non-hydrogen) atoms. The van der Waals surface area contributed by atoms with Gasteiger partial charge in [0.25, 0.3) is 0 Å². The minimum absolute atomic E-state index is 0.584. The molecule has 2 saturated heterocycles. The van der Waals surface area contributed by atoms with Crippen LogP contribution in [-0.2, 0) is 4.74 Å². The van der Waals surface area contributed by atoms with E-state index in [1.54, 1.807) is 0 Å². The molecule has 4 atom stereocenters. The molecular weight excluding hydrogens is 366 g/mol. The fourth-order valence-corrected chi connectivity index (χ4v) is 3.69. The Balaban J connectivity index is 2.02. The van der Waals surface area contributed by atoms with Gasteiger partial charge in [-0.25, -0.2) is 0 Å². The first-order valence-corrected chi connectivity index (χ1v) is 6.70. The topological polar surface area (TPSA) is 9.23 Å². The Hall–Kier alpha value is 1.42. The van der Waals surface area contributed by atoms with Crippen molar-refractivity contribution in [1.82, 2.24) is 0 Å². The molecule has 0 unspecified atom stereocenters. The van der Waals surface area contributed by atoms with E-state index < -0.39 is 0 Å². The van der Waals surface area contributed by atoms with E-state index in [1.807, 2.05) is 0 Å². The first-order valence-electron chi connectivity index (χ1n) is 4.21. The number of ether oxygens (including phenoxy) is 1. The van der Waals surface area contributed by atoms with Crippen LogP contribution in [0.15, 0.2) is 0 Å². The van der Waals surface area contributed by atoms with Gasteiger partial charge in [0.1, 0.15) is 0 Å². The van der Waals surface area contributed by atoms with Crippen LogP contribution in [0, 0.1) is 0 Å². The maximum atomic E-state index is 5.93. The molecule has 2 aliphatic heterocycles. The third-order valence-electron chi connectivity index (χ3n) is 2.61. The highest BCUT2D eigenvalue weighted by Crippen LogP contribution is 2.37. The van der Waals surface area contributed by atoms with Crippen molar-refractivity contribution >= 4 is 45.2 Å². The van der Waals surface area contributed by atoms with Gasteiger partial charge in [0.15, 0.2) is 0 Å². The number of hydrogen-bond donors (Lipinski definition) is 0. The molecule has 2 aliphatic rings. The van der Waals surface area contributed by atoms with Gasteiger partial charge >= 0.3 is 0 Å². The highest BCUT2D eigenvalue weighted by Gasteiger charge is 2.36. The summed E-state index contributed by atoms with van der Waals surface area (Å²) in [5, 5.41) is 0. The number of hydrogen-bond acceptors (Lipinski definition) is 1. The summed E-state index contributed by atoms with van der Waals surface area (Å²) in [7, 11) is 0. The summed E-state index contributed by atoms with van der Waals surface area (Å²) in [6.45, 7) is 0. The number of alkyl halides is 2. The van der Waals surface area contributed by atoms with Crippen LogP contribution in [0.2, 0.25) is 0 Å². The average Bonchev–Trinajstić information content (AvgIpc) is 2.02. The zero-order chi connectivity index (χ0) is 7.84. The van der Waals surface area contributed by atoms with E-state index in [0.717, 1.165) is 7.85 Å². The van der Waals surface area contributed by atoms with Crippen LogP contribution < -0.4 is 0 Å². The van der Waals surface area contributed by atoms with E-state index in [0.29, 0.717) is 12.2 Å². The van der Waals surface area contributed by atoms with Crippen LogP contribution in [0.5, 0.6) is 0 Å². The van der Waals surface area contributed by atoms with Crippen LogP contribution >= 0.6 is 45.2 Å². The molecule has 2 bridgehead atoms. The maximum Gasteiger partial charge on any atom is 0.0697 e. The molecule has 0 N–H and O–H groups in total. The molecule has 2 rings (SSSR count). The summed E-state index contributed by atoms with van der Waals surface area (Å²) in [6.07, 6.45) is 6.49. The van der Waals surface area contributed by atoms with Crippen molar-refractivity contribution in [2.75, 3.05) is 0 Å². The predicted molar refractivity (Wildman–Crippen MR) is 62.7 cm³/mol. The van der Waals surface area contributed by atoms with E-state index in [2.05, 4.69) is 45.2 Å². The molecule has 0 spiro atoms. The molecule has 0 aliphatic carbocycles. The Morgan fingerprint density at radius 1 is 0.818 bits per heavy atom. The molecule has 0 aromatic heterocycles. The first-order chi connectivity index (χ1) is 5.27. The van der Waals surface area contributed by atoms with Crippen molar-refractivity contribution in [1.29, 1.82) is 0 Å². The van der Waals surface area contributed by atoms with Gasteiger partial charge < -0.3 is 4.74 Å². The number of halogens is 2. The van der Waals surface area contributed by atoms with Crippen LogP contribution in [0.1, 0.15) is 25.7 Å². The lowest BCUT2D eigenvalue weighted by Crippen LogP contribution is -2.44. The van der Waals surface area contributed by atoms with Crippen LogP contribution in [0.25, 0.3) is 0 Å². The van der Waals surface area contributed by atoms with Crippen molar-refractivity contribution in [3.05, 3.63) is 0 Å². The molecule has 0 aromatic carbocycles. The van der Waals surface area contributed by atoms with Crippen molar-refractivity contribution in [3.8, 4) is 0 Å². The monoisotopic (exact) mass is 378 g/mol. The average molecular weight is 378 g/mol. The molecule has 64 valence electrons. The second kappa shape index (κ2) is 3.65. The predicted octanol–water partition coefficient (Wildman–Crippen LogP) is 2.94. The minimum Gasteiger partial charge on any atom is -0.373 e. The summed E-state index contributed by atoms with van der Waals surface area (Å²) in [5.74, 6) is 0. The Bertz CT molecular complexity index is 135. The smallest absolute Gasteiger partial charge is 0.0697 e. The van der Waals surface area contributed by atoms with Crippen molar-refractivity contribution < 1.29 is 4.74 Å². The molecule has 0 radical (unpaired) electrons. The molecule has 3 heteroatoms. The van der Waals surface area contributed by atoms with Crippen LogP contribution in [-0.4, -0.2) is 20.1 Å². The first kappa shape index (κ1) is 8.99. The highest BCUT2D eigenvalue weighted by molar-refractivity contribution is 14.1. The molecule has 0 saturated carbocycles. The van der Waals surface area contributed by atoms with Gasteiger partial charge in [0.05, 0.1) is 12.2 Å². The summed E-state index contributed by atoms with van der Waals surface area (Å²) < 4.78 is 7.50. The fourth-order valence-electron chi connectivity index (χ4n) is 1.91. The van der Waals surface area contributed by atoms with Gasteiger partial charge in [-0.15, -0.1) is 0 Å². The Labute approximate surface area is 94.9 Å². The van der Waals surface area contributed by atoms with Gasteiger partial charge in [-0.3, -0.25) is 0 Å². The fraction of sp³-hybridized carbons (Fsp3) is 1.00. The molecular formula is C8H12I2O. The third-order valence-corrected chi connectivity index (χ3v) is 5.46. The number of rotatable bonds is 0. The molecule has 2 heterocycles. The maximum absolute atomic E-state index is 5.93. The molecule has 2 fully saturated rings. The lowest BCUT2D eigenvalue weighted by atomic mass is 9.92. The van der Waals surface area contributed by atoms with Gasteiger partial charge in [-0.2, -0.15) is 0 Å². The third kappa shape index (κ3) is 1.85. The van der Waals surface area contributed by atoms with Crippen LogP contribution in [0.3, 0.4) is 0 Å². The standard InChI is InChI=1S/C8H12I2O/c9-5-1-3-7-6(10)2-4-8(5)11-7/h5-8H,1-4H2/t5-,6+,7-,8+. The lowest BCUT2D eigenvalue weighted by molar-refractivity contribution is -0.0686. The Morgan fingerprint density at radius 3 is 1.73 bits per heavy atom. The number of fused-ring (bicyclic) bond motifs is 2. The van der Waals surface area contributed by atoms with Crippen molar-refractivity contribution in [2.24, 2.45) is 0 Å². The Morgan fingerprint density at radius 2 is 1.27 bits per heavy atom. The van der Waals surface area contributed by atoms with E-state index in [9.17, 15) is 0 Å². The SMILES string of the molecule is I[C@@H]1CC[C@H]2O[C@H]1CC[C@@H]2I. The van der Waals surface area contributed by atoms with Gasteiger partial charge in [0.2, 0.25) is 0 Å². The highest BCUT2D eigenvalue weighted by atomic mass is 127. The van der Waals surface area contributed by atoms with Gasteiger partial charge in [0, 0.05) is 7.85 Å². The zero-order valence-corrected chi connectivity index (χ0v) is 10.6. The molecule has 0 amide bonds. The van der Waals surface area contributed by atoms with Crippen LogP contribution in [0.4, 0.5) is 0 Å². The summed E-state index contributed by atoms with van der Waals surface area (Å²) in [6, 6.07) is 0. The largest absolute Gasteiger partial charge is 0.373 e. The quantitative estimate of drug-likeness (QED) is 0.466. The van der Waals surface area contributed by atoms with Crippen molar-refractivity contribution in [3.63, 3.8) is 0 Å². The summed E-state index contributed by atoms with van der Waals surface area (Å²) >= 11 is 5.08. The van der Waals surface area contributed by atoms with E-state index in [1.165, 1.54) is 25.7 Å². The second-order valence-electron chi connectivity index (χ2n) is 3.40. The normalized spacial score (nSPS) is 50.7. The van der Waals surface area contributed by atoms with E-state index in [4.69, 9.17) is 4.74 Å². The molecule has 0 aromatic rings. The lowest BCUT2D eigenvalue weighted by Gasteiger charge is -2.41.